The third-order valence-electron chi connectivity index (χ3n) is 5.00. The summed E-state index contributed by atoms with van der Waals surface area (Å²) in [6.07, 6.45) is 3.86. The first-order valence-corrected chi connectivity index (χ1v) is 8.74. The van der Waals surface area contributed by atoms with Crippen LogP contribution in [0.4, 0.5) is 4.79 Å². The number of hydrogen-bond acceptors (Lipinski definition) is 3. The summed E-state index contributed by atoms with van der Waals surface area (Å²) in [4.78, 5) is 12.1. The lowest BCUT2D eigenvalue weighted by molar-refractivity contribution is 0.174. The number of hydrogen-bond donors (Lipinski definition) is 3. The molecule has 2 rings (SSSR count). The van der Waals surface area contributed by atoms with Gasteiger partial charge in [0.1, 0.15) is 5.75 Å². The molecule has 0 aliphatic heterocycles. The molecule has 1 fully saturated rings. The molecule has 0 bridgehead atoms. The van der Waals surface area contributed by atoms with Crippen LogP contribution in [0.1, 0.15) is 45.1 Å². The lowest BCUT2D eigenvalue weighted by atomic mass is 9.84. The van der Waals surface area contributed by atoms with Gasteiger partial charge in [-0.1, -0.05) is 26.0 Å². The normalized spacial score (nSPS) is 21.2. The molecule has 0 aromatic heterocycles. The first-order chi connectivity index (χ1) is 11.4. The zero-order valence-corrected chi connectivity index (χ0v) is 15.0. The fraction of sp³-hybridized carbons (Fsp3) is 0.632. The molecular weight excluding hydrogens is 304 g/mol. The topological polar surface area (TPSA) is 70.6 Å². The summed E-state index contributed by atoms with van der Waals surface area (Å²) >= 11 is 0. The maximum atomic E-state index is 12.1. The van der Waals surface area contributed by atoms with E-state index in [4.69, 9.17) is 9.84 Å². The zero-order valence-electron chi connectivity index (χ0n) is 15.0. The van der Waals surface area contributed by atoms with Gasteiger partial charge in [-0.05, 0) is 49.3 Å². The highest BCUT2D eigenvalue weighted by molar-refractivity contribution is 5.74. The standard InChI is InChI=1S/C19H30N2O3/c1-19(2,15-6-10-17(24-3)11-7-15)13-20-18(23)21-16-8-4-14(12-22)5-9-16/h6-7,10-11,14,16,22H,4-5,8-9,12-13H2,1-3H3,(H2,20,21,23). The fourth-order valence-electron chi connectivity index (χ4n) is 3.17. The van der Waals surface area contributed by atoms with Crippen molar-refractivity contribution in [1.29, 1.82) is 0 Å². The molecule has 0 radical (unpaired) electrons. The number of carbonyl (C=O) groups excluding carboxylic acids is 1. The van der Waals surface area contributed by atoms with Gasteiger partial charge in [0.05, 0.1) is 7.11 Å². The highest BCUT2D eigenvalue weighted by Crippen LogP contribution is 2.25. The van der Waals surface area contributed by atoms with Crippen LogP contribution in [0.15, 0.2) is 24.3 Å². The average molecular weight is 334 g/mol. The van der Waals surface area contributed by atoms with Crippen LogP contribution >= 0.6 is 0 Å². The Labute approximate surface area is 144 Å². The van der Waals surface area contributed by atoms with Gasteiger partial charge in [0.15, 0.2) is 0 Å². The largest absolute Gasteiger partial charge is 0.497 e. The molecule has 1 aromatic rings. The molecule has 3 N–H and O–H groups in total. The van der Waals surface area contributed by atoms with Crippen molar-refractivity contribution in [2.24, 2.45) is 5.92 Å². The van der Waals surface area contributed by atoms with E-state index in [1.54, 1.807) is 7.11 Å². The van der Waals surface area contributed by atoms with Crippen LogP contribution in [0.3, 0.4) is 0 Å². The van der Waals surface area contributed by atoms with E-state index in [1.807, 2.05) is 24.3 Å². The molecule has 0 heterocycles. The Hall–Kier alpha value is -1.75. The second kappa shape index (κ2) is 8.38. The number of carbonyl (C=O) groups is 1. The van der Waals surface area contributed by atoms with Crippen LogP contribution in [-0.4, -0.2) is 37.4 Å². The van der Waals surface area contributed by atoms with Crippen molar-refractivity contribution >= 4 is 6.03 Å². The smallest absolute Gasteiger partial charge is 0.315 e. The molecule has 0 atom stereocenters. The van der Waals surface area contributed by atoms with Gasteiger partial charge in [0.25, 0.3) is 0 Å². The van der Waals surface area contributed by atoms with Gasteiger partial charge < -0.3 is 20.5 Å². The molecule has 5 heteroatoms. The van der Waals surface area contributed by atoms with Crippen LogP contribution in [0, 0.1) is 5.92 Å². The number of aliphatic hydroxyl groups excluding tert-OH is 1. The number of nitrogens with one attached hydrogen (secondary N) is 2. The quantitative estimate of drug-likeness (QED) is 0.749. The number of amides is 2. The minimum absolute atomic E-state index is 0.107. The first kappa shape index (κ1) is 18.6. The number of rotatable bonds is 6. The SMILES string of the molecule is COc1ccc(C(C)(C)CNC(=O)NC2CCC(CO)CC2)cc1. The lowest BCUT2D eigenvalue weighted by Crippen LogP contribution is -2.47. The summed E-state index contributed by atoms with van der Waals surface area (Å²) in [5.74, 6) is 1.24. The first-order valence-electron chi connectivity index (χ1n) is 8.74. The summed E-state index contributed by atoms with van der Waals surface area (Å²) in [7, 11) is 1.65. The van der Waals surface area contributed by atoms with Crippen molar-refractivity contribution in [1.82, 2.24) is 10.6 Å². The Balaban J connectivity index is 1.79. The molecule has 0 saturated heterocycles. The Morgan fingerprint density at radius 2 is 1.83 bits per heavy atom. The number of methoxy groups -OCH3 is 1. The molecule has 1 aliphatic rings. The van der Waals surface area contributed by atoms with Crippen LogP contribution in [0.5, 0.6) is 5.75 Å². The van der Waals surface area contributed by atoms with Crippen molar-refractivity contribution in [3.05, 3.63) is 29.8 Å². The monoisotopic (exact) mass is 334 g/mol. The minimum atomic E-state index is -0.155. The molecular formula is C19H30N2O3. The zero-order chi connectivity index (χ0) is 17.6. The molecule has 0 spiro atoms. The maximum absolute atomic E-state index is 12.1. The summed E-state index contributed by atoms with van der Waals surface area (Å²) < 4.78 is 5.18. The van der Waals surface area contributed by atoms with Crippen molar-refractivity contribution < 1.29 is 14.6 Å². The third-order valence-corrected chi connectivity index (χ3v) is 5.00. The Bertz CT molecular complexity index is 520. The third kappa shape index (κ3) is 5.13. The number of urea groups is 1. The fourth-order valence-corrected chi connectivity index (χ4v) is 3.17. The number of aliphatic hydroxyl groups is 1. The summed E-state index contributed by atoms with van der Waals surface area (Å²) in [6.45, 7) is 5.05. The molecule has 5 nitrogen and oxygen atoms in total. The van der Waals surface area contributed by atoms with Gasteiger partial charge in [-0.15, -0.1) is 0 Å². The van der Waals surface area contributed by atoms with E-state index in [9.17, 15) is 4.79 Å². The predicted molar refractivity (Wildman–Crippen MR) is 95.4 cm³/mol. The number of benzene rings is 1. The molecule has 1 saturated carbocycles. The number of ether oxygens (including phenoxy) is 1. The van der Waals surface area contributed by atoms with E-state index in [0.717, 1.165) is 37.0 Å². The van der Waals surface area contributed by atoms with Crippen LogP contribution in [-0.2, 0) is 5.41 Å². The van der Waals surface area contributed by atoms with E-state index >= 15 is 0 Å². The van der Waals surface area contributed by atoms with Gasteiger partial charge in [-0.25, -0.2) is 4.79 Å². The van der Waals surface area contributed by atoms with E-state index in [2.05, 4.69) is 24.5 Å². The van der Waals surface area contributed by atoms with Gasteiger partial charge in [0.2, 0.25) is 0 Å². The molecule has 134 valence electrons. The average Bonchev–Trinajstić information content (AvgIpc) is 2.61. The highest BCUT2D eigenvalue weighted by atomic mass is 16.5. The Morgan fingerprint density at radius 3 is 2.38 bits per heavy atom. The maximum Gasteiger partial charge on any atom is 0.315 e. The molecule has 2 amide bonds. The van der Waals surface area contributed by atoms with Crippen LogP contribution < -0.4 is 15.4 Å². The van der Waals surface area contributed by atoms with Crippen molar-refractivity contribution in [3.63, 3.8) is 0 Å². The molecule has 1 aliphatic carbocycles. The van der Waals surface area contributed by atoms with Gasteiger partial charge >= 0.3 is 6.03 Å². The van der Waals surface area contributed by atoms with E-state index in [0.29, 0.717) is 12.5 Å². The second-order valence-corrected chi connectivity index (χ2v) is 7.34. The molecule has 1 aromatic carbocycles. The Morgan fingerprint density at radius 1 is 1.21 bits per heavy atom. The lowest BCUT2D eigenvalue weighted by Gasteiger charge is -2.29. The van der Waals surface area contributed by atoms with Crippen LogP contribution in [0.25, 0.3) is 0 Å². The van der Waals surface area contributed by atoms with Crippen LogP contribution in [0.2, 0.25) is 0 Å². The Kier molecular flexibility index (Phi) is 6.49. The summed E-state index contributed by atoms with van der Waals surface area (Å²) in [5.41, 5.74) is 1.00. The van der Waals surface area contributed by atoms with Gasteiger partial charge in [-0.3, -0.25) is 0 Å². The predicted octanol–water partition coefficient (Wildman–Crippen LogP) is 2.82. The van der Waals surface area contributed by atoms with Crippen molar-refractivity contribution in [3.8, 4) is 5.75 Å². The molecule has 24 heavy (non-hydrogen) atoms. The minimum Gasteiger partial charge on any atom is -0.497 e. The summed E-state index contributed by atoms with van der Waals surface area (Å²) in [6, 6.07) is 8.07. The van der Waals surface area contributed by atoms with E-state index in [1.165, 1.54) is 0 Å². The van der Waals surface area contributed by atoms with Crippen molar-refractivity contribution in [2.75, 3.05) is 20.3 Å². The highest BCUT2D eigenvalue weighted by Gasteiger charge is 2.24. The van der Waals surface area contributed by atoms with E-state index in [-0.39, 0.29) is 24.1 Å². The summed E-state index contributed by atoms with van der Waals surface area (Å²) in [5, 5.41) is 15.2. The van der Waals surface area contributed by atoms with Crippen molar-refractivity contribution in [2.45, 2.75) is 51.0 Å². The van der Waals surface area contributed by atoms with Gasteiger partial charge in [0, 0.05) is 24.6 Å². The second-order valence-electron chi connectivity index (χ2n) is 7.34. The van der Waals surface area contributed by atoms with E-state index < -0.39 is 0 Å². The van der Waals surface area contributed by atoms with Gasteiger partial charge in [-0.2, -0.15) is 0 Å². The molecule has 0 unspecified atom stereocenters.